The van der Waals surface area contributed by atoms with Gasteiger partial charge in [-0.3, -0.25) is 9.78 Å². The number of ether oxygens (including phenoxy) is 1. The quantitative estimate of drug-likeness (QED) is 0.703. The Bertz CT molecular complexity index is 1120. The predicted molar refractivity (Wildman–Crippen MR) is 115 cm³/mol. The summed E-state index contributed by atoms with van der Waals surface area (Å²) in [7, 11) is 0. The van der Waals surface area contributed by atoms with Gasteiger partial charge >= 0.3 is 0 Å². The molecule has 0 amide bonds. The van der Waals surface area contributed by atoms with Gasteiger partial charge in [-0.25, -0.2) is 15.0 Å². The number of anilines is 2. The van der Waals surface area contributed by atoms with Gasteiger partial charge in [-0.15, -0.1) is 0 Å². The van der Waals surface area contributed by atoms with Crippen LogP contribution in [0, 0.1) is 6.92 Å². The zero-order valence-electron chi connectivity index (χ0n) is 17.1. The molecule has 5 rings (SSSR count). The lowest BCUT2D eigenvalue weighted by Gasteiger charge is -2.27. The molecule has 3 aromatic rings. The summed E-state index contributed by atoms with van der Waals surface area (Å²) in [6, 6.07) is 1.83. The lowest BCUT2D eigenvalue weighted by Crippen LogP contribution is -2.38. The lowest BCUT2D eigenvalue weighted by molar-refractivity contribution is 0.122. The summed E-state index contributed by atoms with van der Waals surface area (Å²) in [5.74, 6) is 1.30. The average Bonchev–Trinajstić information content (AvgIpc) is 2.80. The van der Waals surface area contributed by atoms with Gasteiger partial charge in [0.15, 0.2) is 5.65 Å². The van der Waals surface area contributed by atoms with Crippen molar-refractivity contribution >= 4 is 22.9 Å². The summed E-state index contributed by atoms with van der Waals surface area (Å²) in [5, 5.41) is 0.465. The van der Waals surface area contributed by atoms with Gasteiger partial charge in [-0.1, -0.05) is 0 Å². The number of aromatic nitrogens is 5. The molecule has 30 heavy (non-hydrogen) atoms. The molecule has 0 radical (unpaired) electrons. The third-order valence-corrected chi connectivity index (χ3v) is 5.80. The van der Waals surface area contributed by atoms with E-state index in [9.17, 15) is 4.79 Å². The first-order valence-electron chi connectivity index (χ1n) is 10.5. The Kier molecular flexibility index (Phi) is 5.04. The Balaban J connectivity index is 1.55. The molecule has 0 aromatic carbocycles. The van der Waals surface area contributed by atoms with Crippen LogP contribution >= 0.6 is 0 Å². The van der Waals surface area contributed by atoms with E-state index >= 15 is 0 Å². The van der Waals surface area contributed by atoms with E-state index in [2.05, 4.69) is 24.8 Å². The standard InChI is InChI=1S/C21H25N7O2/c1-14-16(13-23-20(24-14)27-7-3-2-4-8-27)15-5-6-22-18-17(15)19(29)26-21(25-18)28-9-11-30-12-10-28/h5-6,13H,2-4,7-12H2,1H3,(H,22,25,26,29). The highest BCUT2D eigenvalue weighted by molar-refractivity contribution is 5.92. The van der Waals surface area contributed by atoms with Gasteiger partial charge in [0.25, 0.3) is 5.56 Å². The number of fused-ring (bicyclic) bond motifs is 1. The SMILES string of the molecule is Cc1nc(N2CCCCC2)ncc1-c1ccnc2nc(N3CCOCC3)[nH]c(=O)c12. The van der Waals surface area contributed by atoms with Crippen molar-refractivity contribution in [2.24, 2.45) is 0 Å². The average molecular weight is 407 g/mol. The fourth-order valence-corrected chi connectivity index (χ4v) is 4.17. The van der Waals surface area contributed by atoms with Crippen LogP contribution in [0.3, 0.4) is 0 Å². The summed E-state index contributed by atoms with van der Waals surface area (Å²) in [6.07, 6.45) is 7.11. The second-order valence-electron chi connectivity index (χ2n) is 7.76. The highest BCUT2D eigenvalue weighted by Gasteiger charge is 2.19. The fraction of sp³-hybridized carbons (Fsp3) is 0.476. The Morgan fingerprint density at radius 2 is 1.77 bits per heavy atom. The normalized spacial score (nSPS) is 17.5. The molecule has 2 fully saturated rings. The lowest BCUT2D eigenvalue weighted by atomic mass is 10.0. The Labute approximate surface area is 174 Å². The van der Waals surface area contributed by atoms with E-state index in [1.54, 1.807) is 6.20 Å². The number of piperidine rings is 1. The molecule has 156 valence electrons. The third kappa shape index (κ3) is 3.49. The van der Waals surface area contributed by atoms with Gasteiger partial charge < -0.3 is 14.5 Å². The van der Waals surface area contributed by atoms with Crippen LogP contribution in [0.5, 0.6) is 0 Å². The van der Waals surface area contributed by atoms with E-state index in [0.717, 1.165) is 35.9 Å². The zero-order valence-corrected chi connectivity index (χ0v) is 17.1. The first-order valence-corrected chi connectivity index (χ1v) is 10.5. The maximum atomic E-state index is 13.0. The Hall–Kier alpha value is -3.07. The molecule has 2 aliphatic heterocycles. The number of H-pyrrole nitrogens is 1. The van der Waals surface area contributed by atoms with E-state index in [1.165, 1.54) is 19.3 Å². The number of aryl methyl sites for hydroxylation is 1. The summed E-state index contributed by atoms with van der Waals surface area (Å²) in [5.41, 5.74) is 2.65. The van der Waals surface area contributed by atoms with Crippen molar-refractivity contribution in [1.29, 1.82) is 0 Å². The van der Waals surface area contributed by atoms with Crippen LogP contribution in [0.1, 0.15) is 25.0 Å². The molecule has 3 aromatic heterocycles. The number of hydrogen-bond donors (Lipinski definition) is 1. The summed E-state index contributed by atoms with van der Waals surface area (Å²) in [4.78, 5) is 38.5. The maximum absolute atomic E-state index is 13.0. The molecule has 2 aliphatic rings. The van der Waals surface area contributed by atoms with E-state index in [1.807, 2.05) is 24.1 Å². The van der Waals surface area contributed by atoms with Gasteiger partial charge in [-0.2, -0.15) is 4.98 Å². The second-order valence-corrected chi connectivity index (χ2v) is 7.76. The molecular weight excluding hydrogens is 382 g/mol. The number of nitrogens with zero attached hydrogens (tertiary/aromatic N) is 6. The van der Waals surface area contributed by atoms with Crippen molar-refractivity contribution in [3.8, 4) is 11.1 Å². The van der Waals surface area contributed by atoms with Crippen molar-refractivity contribution < 1.29 is 4.74 Å². The summed E-state index contributed by atoms with van der Waals surface area (Å²) < 4.78 is 5.39. The van der Waals surface area contributed by atoms with Crippen LogP contribution in [-0.2, 0) is 4.74 Å². The number of nitrogens with one attached hydrogen (secondary N) is 1. The second kappa shape index (κ2) is 7.98. The van der Waals surface area contributed by atoms with Crippen LogP contribution in [0.2, 0.25) is 0 Å². The van der Waals surface area contributed by atoms with Crippen molar-refractivity contribution in [2.45, 2.75) is 26.2 Å². The largest absolute Gasteiger partial charge is 0.378 e. The van der Waals surface area contributed by atoms with Crippen molar-refractivity contribution in [3.05, 3.63) is 34.5 Å². The first-order chi connectivity index (χ1) is 14.7. The monoisotopic (exact) mass is 407 g/mol. The molecule has 0 atom stereocenters. The molecule has 0 saturated carbocycles. The fourth-order valence-electron chi connectivity index (χ4n) is 4.17. The summed E-state index contributed by atoms with van der Waals surface area (Å²) >= 11 is 0. The van der Waals surface area contributed by atoms with Crippen molar-refractivity contribution in [3.63, 3.8) is 0 Å². The van der Waals surface area contributed by atoms with E-state index in [4.69, 9.17) is 9.72 Å². The maximum Gasteiger partial charge on any atom is 0.262 e. The smallest absolute Gasteiger partial charge is 0.262 e. The molecule has 1 N–H and O–H groups in total. The van der Waals surface area contributed by atoms with E-state index < -0.39 is 0 Å². The minimum atomic E-state index is -0.205. The third-order valence-electron chi connectivity index (χ3n) is 5.80. The predicted octanol–water partition coefficient (Wildman–Crippen LogP) is 1.91. The van der Waals surface area contributed by atoms with Crippen LogP contribution in [0.15, 0.2) is 23.3 Å². The minimum absolute atomic E-state index is 0.205. The van der Waals surface area contributed by atoms with Crippen molar-refractivity contribution in [2.75, 3.05) is 49.2 Å². The molecule has 0 spiro atoms. The number of pyridine rings is 1. The van der Waals surface area contributed by atoms with Crippen molar-refractivity contribution in [1.82, 2.24) is 24.9 Å². The number of aromatic amines is 1. The molecule has 0 aliphatic carbocycles. The van der Waals surface area contributed by atoms with Gasteiger partial charge in [0.2, 0.25) is 11.9 Å². The number of morpholine rings is 1. The highest BCUT2D eigenvalue weighted by atomic mass is 16.5. The zero-order chi connectivity index (χ0) is 20.5. The van der Waals surface area contributed by atoms with Gasteiger partial charge in [0, 0.05) is 49.7 Å². The molecule has 9 heteroatoms. The summed E-state index contributed by atoms with van der Waals surface area (Å²) in [6.45, 7) is 6.57. The van der Waals surface area contributed by atoms with E-state index in [0.29, 0.717) is 43.3 Å². The topological polar surface area (TPSA) is 100 Å². The molecule has 5 heterocycles. The van der Waals surface area contributed by atoms with Crippen LogP contribution in [-0.4, -0.2) is 64.3 Å². The molecular formula is C21H25N7O2. The van der Waals surface area contributed by atoms with Gasteiger partial charge in [0.05, 0.1) is 24.3 Å². The highest BCUT2D eigenvalue weighted by Crippen LogP contribution is 2.28. The van der Waals surface area contributed by atoms with Crippen LogP contribution in [0.4, 0.5) is 11.9 Å². The van der Waals surface area contributed by atoms with Gasteiger partial charge in [0.1, 0.15) is 0 Å². The molecule has 2 saturated heterocycles. The van der Waals surface area contributed by atoms with E-state index in [-0.39, 0.29) is 5.56 Å². The van der Waals surface area contributed by atoms with Crippen LogP contribution in [0.25, 0.3) is 22.2 Å². The number of hydrogen-bond acceptors (Lipinski definition) is 8. The van der Waals surface area contributed by atoms with Gasteiger partial charge in [-0.05, 0) is 32.3 Å². The Morgan fingerprint density at radius 1 is 0.967 bits per heavy atom. The minimum Gasteiger partial charge on any atom is -0.378 e. The Morgan fingerprint density at radius 3 is 2.53 bits per heavy atom. The van der Waals surface area contributed by atoms with Crippen LogP contribution < -0.4 is 15.4 Å². The first kappa shape index (κ1) is 18.9. The molecule has 9 nitrogen and oxygen atoms in total. The molecule has 0 bridgehead atoms. The molecule has 0 unspecified atom stereocenters. The number of rotatable bonds is 3.